The van der Waals surface area contributed by atoms with Crippen LogP contribution in [0.4, 0.5) is 0 Å². The van der Waals surface area contributed by atoms with Crippen molar-refractivity contribution in [1.29, 1.82) is 0 Å². The van der Waals surface area contributed by atoms with Gasteiger partial charge in [-0.1, -0.05) is 6.07 Å². The summed E-state index contributed by atoms with van der Waals surface area (Å²) in [7, 11) is 1.65. The van der Waals surface area contributed by atoms with Crippen LogP contribution in [-0.4, -0.2) is 31.0 Å². The maximum Gasteiger partial charge on any atom is 0.222 e. The molecule has 0 unspecified atom stereocenters. The fourth-order valence-electron chi connectivity index (χ4n) is 2.42. The van der Waals surface area contributed by atoms with Crippen molar-refractivity contribution in [1.82, 2.24) is 4.90 Å². The van der Waals surface area contributed by atoms with Gasteiger partial charge >= 0.3 is 0 Å². The predicted molar refractivity (Wildman–Crippen MR) is 79.4 cm³/mol. The highest BCUT2D eigenvalue weighted by Gasteiger charge is 2.16. The summed E-state index contributed by atoms with van der Waals surface area (Å²) in [6.07, 6.45) is 4.95. The van der Waals surface area contributed by atoms with E-state index < -0.39 is 0 Å². The van der Waals surface area contributed by atoms with E-state index in [2.05, 4.69) is 15.9 Å². The minimum Gasteiger partial charge on any atom is -0.496 e. The minimum atomic E-state index is 0.284. The number of rotatable bonds is 4. The Morgan fingerprint density at radius 2 is 2.05 bits per heavy atom. The van der Waals surface area contributed by atoms with E-state index in [1.54, 1.807) is 7.11 Å². The van der Waals surface area contributed by atoms with Crippen LogP contribution in [-0.2, 0) is 11.2 Å². The van der Waals surface area contributed by atoms with Crippen LogP contribution in [0.2, 0.25) is 0 Å². The van der Waals surface area contributed by atoms with E-state index in [0.717, 1.165) is 48.1 Å². The van der Waals surface area contributed by atoms with Crippen molar-refractivity contribution in [3.8, 4) is 5.75 Å². The molecule has 0 bridgehead atoms. The number of nitrogens with zero attached hydrogens (tertiary/aromatic N) is 1. The quantitative estimate of drug-likeness (QED) is 0.849. The van der Waals surface area contributed by atoms with E-state index in [-0.39, 0.29) is 5.91 Å². The monoisotopic (exact) mass is 325 g/mol. The van der Waals surface area contributed by atoms with Gasteiger partial charge in [0.15, 0.2) is 0 Å². The molecule has 19 heavy (non-hydrogen) atoms. The third kappa shape index (κ3) is 3.96. The first-order chi connectivity index (χ1) is 9.20. The Morgan fingerprint density at radius 1 is 1.32 bits per heavy atom. The predicted octanol–water partition coefficient (Wildman–Crippen LogP) is 3.40. The van der Waals surface area contributed by atoms with Gasteiger partial charge in [-0.25, -0.2) is 0 Å². The number of halogens is 1. The van der Waals surface area contributed by atoms with E-state index in [4.69, 9.17) is 4.74 Å². The summed E-state index contributed by atoms with van der Waals surface area (Å²) >= 11 is 3.47. The zero-order valence-electron chi connectivity index (χ0n) is 11.3. The van der Waals surface area contributed by atoms with Gasteiger partial charge in [0.25, 0.3) is 0 Å². The Morgan fingerprint density at radius 3 is 2.68 bits per heavy atom. The van der Waals surface area contributed by atoms with E-state index >= 15 is 0 Å². The molecule has 0 N–H and O–H groups in total. The second-order valence-electron chi connectivity index (χ2n) is 4.91. The molecule has 1 aromatic rings. The van der Waals surface area contributed by atoms with Crippen LogP contribution in [0.5, 0.6) is 5.75 Å². The second kappa shape index (κ2) is 6.94. The minimum absolute atomic E-state index is 0.284. The van der Waals surface area contributed by atoms with Crippen LogP contribution in [0.15, 0.2) is 22.7 Å². The third-order valence-electron chi connectivity index (χ3n) is 3.55. The molecule has 1 fully saturated rings. The van der Waals surface area contributed by atoms with Gasteiger partial charge in [0.1, 0.15) is 5.75 Å². The first-order valence-electron chi connectivity index (χ1n) is 6.81. The van der Waals surface area contributed by atoms with Crippen molar-refractivity contribution in [2.75, 3.05) is 20.2 Å². The van der Waals surface area contributed by atoms with Crippen LogP contribution < -0.4 is 4.74 Å². The van der Waals surface area contributed by atoms with Crippen molar-refractivity contribution >= 4 is 21.8 Å². The zero-order chi connectivity index (χ0) is 13.7. The Bertz CT molecular complexity index is 442. The Hall–Kier alpha value is -1.03. The van der Waals surface area contributed by atoms with E-state index in [9.17, 15) is 4.79 Å². The molecule has 1 amide bonds. The first-order valence-corrected chi connectivity index (χ1v) is 7.60. The van der Waals surface area contributed by atoms with Gasteiger partial charge in [0, 0.05) is 19.5 Å². The maximum absolute atomic E-state index is 12.1. The van der Waals surface area contributed by atoms with E-state index in [1.165, 1.54) is 6.42 Å². The normalized spacial score (nSPS) is 15.4. The SMILES string of the molecule is COc1ccc(CCC(=O)N2CCCCC2)cc1Br. The number of ether oxygens (including phenoxy) is 1. The standard InChI is InChI=1S/C15H20BrNO2/c1-19-14-7-5-12(11-13(14)16)6-8-15(18)17-9-3-2-4-10-17/h5,7,11H,2-4,6,8-10H2,1H3. The van der Waals surface area contributed by atoms with Gasteiger partial charge in [-0.05, 0) is 59.3 Å². The third-order valence-corrected chi connectivity index (χ3v) is 4.17. The summed E-state index contributed by atoms with van der Waals surface area (Å²) < 4.78 is 6.14. The molecule has 1 heterocycles. The highest BCUT2D eigenvalue weighted by Crippen LogP contribution is 2.26. The molecule has 0 saturated carbocycles. The fraction of sp³-hybridized carbons (Fsp3) is 0.533. The summed E-state index contributed by atoms with van der Waals surface area (Å²) in [4.78, 5) is 14.1. The number of amides is 1. The highest BCUT2D eigenvalue weighted by molar-refractivity contribution is 9.10. The lowest BCUT2D eigenvalue weighted by Crippen LogP contribution is -2.35. The van der Waals surface area contributed by atoms with Crippen LogP contribution in [0.3, 0.4) is 0 Å². The molecule has 1 aliphatic heterocycles. The van der Waals surface area contributed by atoms with Gasteiger partial charge in [0.05, 0.1) is 11.6 Å². The number of carbonyl (C=O) groups is 1. The molecule has 2 rings (SSSR count). The lowest BCUT2D eigenvalue weighted by atomic mass is 10.1. The highest BCUT2D eigenvalue weighted by atomic mass is 79.9. The van der Waals surface area contributed by atoms with Crippen molar-refractivity contribution in [3.05, 3.63) is 28.2 Å². The molecule has 4 heteroatoms. The maximum atomic E-state index is 12.1. The molecule has 1 aromatic carbocycles. The Kier molecular flexibility index (Phi) is 5.25. The average molecular weight is 326 g/mol. The largest absolute Gasteiger partial charge is 0.496 e. The van der Waals surface area contributed by atoms with Crippen LogP contribution >= 0.6 is 15.9 Å². The molecule has 0 aliphatic carbocycles. The van der Waals surface area contributed by atoms with Gasteiger partial charge in [-0.3, -0.25) is 4.79 Å². The van der Waals surface area contributed by atoms with Crippen LogP contribution in [0.25, 0.3) is 0 Å². The fourth-order valence-corrected chi connectivity index (χ4v) is 3.01. The molecule has 0 radical (unpaired) electrons. The number of likely N-dealkylation sites (tertiary alicyclic amines) is 1. The van der Waals surface area contributed by atoms with Crippen molar-refractivity contribution in [2.24, 2.45) is 0 Å². The number of hydrogen-bond acceptors (Lipinski definition) is 2. The van der Waals surface area contributed by atoms with E-state index in [0.29, 0.717) is 6.42 Å². The summed E-state index contributed by atoms with van der Waals surface area (Å²) in [5.74, 6) is 1.11. The Labute approximate surface area is 123 Å². The number of methoxy groups -OCH3 is 1. The summed E-state index contributed by atoms with van der Waals surface area (Å²) in [5.41, 5.74) is 1.16. The molecular formula is C15H20BrNO2. The van der Waals surface area contributed by atoms with E-state index in [1.807, 2.05) is 23.1 Å². The zero-order valence-corrected chi connectivity index (χ0v) is 12.9. The number of carbonyl (C=O) groups excluding carboxylic acids is 1. The molecule has 3 nitrogen and oxygen atoms in total. The molecule has 0 aromatic heterocycles. The van der Waals surface area contributed by atoms with Gasteiger partial charge in [-0.2, -0.15) is 0 Å². The second-order valence-corrected chi connectivity index (χ2v) is 5.76. The summed E-state index contributed by atoms with van der Waals surface area (Å²) in [5, 5.41) is 0. The topological polar surface area (TPSA) is 29.5 Å². The molecule has 104 valence electrons. The van der Waals surface area contributed by atoms with Crippen molar-refractivity contribution < 1.29 is 9.53 Å². The lowest BCUT2D eigenvalue weighted by molar-refractivity contribution is -0.132. The molecule has 0 spiro atoms. The van der Waals surface area contributed by atoms with Crippen LogP contribution in [0.1, 0.15) is 31.2 Å². The Balaban J connectivity index is 1.87. The van der Waals surface area contributed by atoms with Gasteiger partial charge < -0.3 is 9.64 Å². The van der Waals surface area contributed by atoms with Crippen molar-refractivity contribution in [3.63, 3.8) is 0 Å². The van der Waals surface area contributed by atoms with Gasteiger partial charge in [0.2, 0.25) is 5.91 Å². The number of piperidine rings is 1. The van der Waals surface area contributed by atoms with Crippen LogP contribution in [0, 0.1) is 0 Å². The number of hydrogen-bond donors (Lipinski definition) is 0. The van der Waals surface area contributed by atoms with Crippen molar-refractivity contribution in [2.45, 2.75) is 32.1 Å². The van der Waals surface area contributed by atoms with Gasteiger partial charge in [-0.15, -0.1) is 0 Å². The smallest absolute Gasteiger partial charge is 0.222 e. The number of aryl methyl sites for hydroxylation is 1. The lowest BCUT2D eigenvalue weighted by Gasteiger charge is -2.26. The molecule has 1 saturated heterocycles. The molecule has 0 atom stereocenters. The molecular weight excluding hydrogens is 306 g/mol. The average Bonchev–Trinajstić information content (AvgIpc) is 2.46. The summed E-state index contributed by atoms with van der Waals surface area (Å²) in [6, 6.07) is 5.99. The first kappa shape index (κ1) is 14.4. The number of benzene rings is 1. The molecule has 1 aliphatic rings. The summed E-state index contributed by atoms with van der Waals surface area (Å²) in [6.45, 7) is 1.87.